The minimum absolute atomic E-state index is 0.00123. The standard InChI is InChI=1S/C25H40O8/c1-13-8-14(2)25-18(17(11-30-4)24(28)32-23(13)19(26)12-31-5)7-6-16-20(33-25)9-15(10-29-3)22(27)21(16)25/h8,13,15-23,26-27H,6-7,9-12H2,1-5H3. The van der Waals surface area contributed by atoms with E-state index in [1.165, 1.54) is 7.11 Å². The molecule has 0 aromatic heterocycles. The van der Waals surface area contributed by atoms with Gasteiger partial charge in [0.05, 0.1) is 43.5 Å². The first-order valence-electron chi connectivity index (χ1n) is 12.2. The molecule has 4 aliphatic rings. The second-order valence-electron chi connectivity index (χ2n) is 10.5. The molecule has 0 aromatic rings. The Morgan fingerprint density at radius 1 is 1.18 bits per heavy atom. The molecule has 33 heavy (non-hydrogen) atoms. The molecule has 11 unspecified atom stereocenters. The number of carbonyl (C=O) groups is 1. The molecule has 8 heteroatoms. The molecule has 8 nitrogen and oxygen atoms in total. The Balaban J connectivity index is 1.81. The maximum absolute atomic E-state index is 13.5. The van der Waals surface area contributed by atoms with E-state index in [0.717, 1.165) is 24.8 Å². The van der Waals surface area contributed by atoms with Gasteiger partial charge in [0, 0.05) is 45.0 Å². The molecule has 1 spiro atoms. The maximum atomic E-state index is 13.5. The average molecular weight is 469 g/mol. The van der Waals surface area contributed by atoms with Crippen molar-refractivity contribution in [3.63, 3.8) is 0 Å². The van der Waals surface area contributed by atoms with Gasteiger partial charge in [0.15, 0.2) is 0 Å². The SMILES string of the molecule is COCC(O)C1OC(=O)C(COC)C2CCC3C4CC(COC)C(O)C3C2(O4)C(C)=CC1C. The number of hydrogen-bond donors (Lipinski definition) is 2. The minimum Gasteiger partial charge on any atom is -0.459 e. The van der Waals surface area contributed by atoms with Gasteiger partial charge in [-0.2, -0.15) is 0 Å². The first kappa shape index (κ1) is 25.1. The number of esters is 1. The summed E-state index contributed by atoms with van der Waals surface area (Å²) in [5.74, 6) is -1.26. The summed E-state index contributed by atoms with van der Waals surface area (Å²) in [4.78, 5) is 13.5. The molecule has 11 atom stereocenters. The summed E-state index contributed by atoms with van der Waals surface area (Å²) in [6.07, 6.45) is 2.26. The van der Waals surface area contributed by atoms with Crippen LogP contribution in [0.2, 0.25) is 0 Å². The van der Waals surface area contributed by atoms with Gasteiger partial charge in [-0.1, -0.05) is 13.0 Å². The quantitative estimate of drug-likeness (QED) is 0.429. The predicted octanol–water partition coefficient (Wildman–Crippen LogP) is 1.57. The van der Waals surface area contributed by atoms with Gasteiger partial charge in [-0.3, -0.25) is 4.79 Å². The summed E-state index contributed by atoms with van der Waals surface area (Å²) in [5.41, 5.74) is 0.232. The van der Waals surface area contributed by atoms with E-state index in [1.54, 1.807) is 14.2 Å². The Hall–Kier alpha value is -1.03. The molecule has 2 heterocycles. The van der Waals surface area contributed by atoms with Crippen LogP contribution in [0, 0.1) is 35.5 Å². The van der Waals surface area contributed by atoms with Gasteiger partial charge in [-0.15, -0.1) is 0 Å². The third-order valence-corrected chi connectivity index (χ3v) is 8.66. The van der Waals surface area contributed by atoms with Crippen molar-refractivity contribution >= 4 is 5.97 Å². The normalized spacial score (nSPS) is 45.8. The van der Waals surface area contributed by atoms with Gasteiger partial charge < -0.3 is 33.9 Å². The number of hydrogen-bond acceptors (Lipinski definition) is 8. The van der Waals surface area contributed by atoms with Crippen molar-refractivity contribution in [1.82, 2.24) is 0 Å². The van der Waals surface area contributed by atoms with Crippen molar-refractivity contribution in [2.45, 2.75) is 63.1 Å². The molecule has 2 saturated carbocycles. The van der Waals surface area contributed by atoms with E-state index in [9.17, 15) is 15.0 Å². The Morgan fingerprint density at radius 2 is 1.91 bits per heavy atom. The molecular weight excluding hydrogens is 428 g/mol. The summed E-state index contributed by atoms with van der Waals surface area (Å²) >= 11 is 0. The molecule has 4 bridgehead atoms. The Labute approximate surface area is 196 Å². The molecule has 3 fully saturated rings. The lowest BCUT2D eigenvalue weighted by Gasteiger charge is -2.51. The molecule has 1 saturated heterocycles. The highest BCUT2D eigenvalue weighted by molar-refractivity contribution is 5.74. The first-order chi connectivity index (χ1) is 15.8. The van der Waals surface area contributed by atoms with Gasteiger partial charge in [0.1, 0.15) is 12.2 Å². The molecule has 2 aliphatic carbocycles. The highest BCUT2D eigenvalue weighted by Gasteiger charge is 2.69. The van der Waals surface area contributed by atoms with E-state index < -0.39 is 29.8 Å². The average Bonchev–Trinajstić information content (AvgIpc) is 2.93. The minimum atomic E-state index is -0.952. The van der Waals surface area contributed by atoms with Crippen molar-refractivity contribution in [3.05, 3.63) is 11.6 Å². The van der Waals surface area contributed by atoms with Crippen LogP contribution in [0.25, 0.3) is 0 Å². The number of ether oxygens (including phenoxy) is 5. The number of aliphatic hydroxyl groups is 2. The summed E-state index contributed by atoms with van der Waals surface area (Å²) in [6.45, 7) is 4.74. The van der Waals surface area contributed by atoms with Gasteiger partial charge in [-0.25, -0.2) is 0 Å². The first-order valence-corrected chi connectivity index (χ1v) is 12.2. The van der Waals surface area contributed by atoms with Crippen molar-refractivity contribution in [1.29, 1.82) is 0 Å². The zero-order valence-electron chi connectivity index (χ0n) is 20.4. The second kappa shape index (κ2) is 9.91. The van der Waals surface area contributed by atoms with Crippen LogP contribution in [0.1, 0.15) is 33.1 Å². The summed E-state index contributed by atoms with van der Waals surface area (Å²) in [7, 11) is 4.75. The highest BCUT2D eigenvalue weighted by atomic mass is 16.6. The number of aliphatic hydroxyl groups excluding tert-OH is 2. The zero-order chi connectivity index (χ0) is 23.9. The lowest BCUT2D eigenvalue weighted by atomic mass is 9.54. The zero-order valence-corrected chi connectivity index (χ0v) is 20.4. The molecule has 2 N–H and O–H groups in total. The molecule has 2 aliphatic heterocycles. The number of methoxy groups -OCH3 is 3. The van der Waals surface area contributed by atoms with Crippen LogP contribution in [-0.4, -0.2) is 87.3 Å². The highest BCUT2D eigenvalue weighted by Crippen LogP contribution is 2.63. The van der Waals surface area contributed by atoms with Crippen molar-refractivity contribution < 1.29 is 38.7 Å². The topological polar surface area (TPSA) is 104 Å². The molecule has 188 valence electrons. The van der Waals surface area contributed by atoms with E-state index in [0.29, 0.717) is 6.61 Å². The molecule has 4 rings (SSSR count). The lowest BCUT2D eigenvalue weighted by Crippen LogP contribution is -2.58. The maximum Gasteiger partial charge on any atom is 0.312 e. The third kappa shape index (κ3) is 4.06. The fourth-order valence-electron chi connectivity index (χ4n) is 7.41. The monoisotopic (exact) mass is 468 g/mol. The molecule has 0 amide bonds. The largest absolute Gasteiger partial charge is 0.459 e. The van der Waals surface area contributed by atoms with Gasteiger partial charge in [-0.05, 0) is 37.7 Å². The van der Waals surface area contributed by atoms with Crippen LogP contribution < -0.4 is 0 Å². The number of cyclic esters (lactones) is 1. The van der Waals surface area contributed by atoms with Gasteiger partial charge in [0.2, 0.25) is 0 Å². The van der Waals surface area contributed by atoms with Crippen LogP contribution in [0.5, 0.6) is 0 Å². The van der Waals surface area contributed by atoms with Crippen molar-refractivity contribution in [2.24, 2.45) is 35.5 Å². The van der Waals surface area contributed by atoms with Crippen LogP contribution in [-0.2, 0) is 28.5 Å². The van der Waals surface area contributed by atoms with Gasteiger partial charge in [0.25, 0.3) is 0 Å². The van der Waals surface area contributed by atoms with Crippen molar-refractivity contribution in [3.8, 4) is 0 Å². The van der Waals surface area contributed by atoms with Crippen molar-refractivity contribution in [2.75, 3.05) is 41.2 Å². The Kier molecular flexibility index (Phi) is 7.53. The van der Waals surface area contributed by atoms with E-state index >= 15 is 0 Å². The molecule has 0 aromatic carbocycles. The Morgan fingerprint density at radius 3 is 2.58 bits per heavy atom. The predicted molar refractivity (Wildman–Crippen MR) is 119 cm³/mol. The van der Waals surface area contributed by atoms with E-state index in [1.807, 2.05) is 13.8 Å². The van der Waals surface area contributed by atoms with Crippen LogP contribution in [0.3, 0.4) is 0 Å². The fraction of sp³-hybridized carbons (Fsp3) is 0.880. The van der Waals surface area contributed by atoms with E-state index in [4.69, 9.17) is 23.7 Å². The second-order valence-corrected chi connectivity index (χ2v) is 10.5. The van der Waals surface area contributed by atoms with E-state index in [2.05, 4.69) is 6.08 Å². The Bertz CT molecular complexity index is 740. The third-order valence-electron chi connectivity index (χ3n) is 8.66. The summed E-state index contributed by atoms with van der Waals surface area (Å²) in [6, 6.07) is 0. The fourth-order valence-corrected chi connectivity index (χ4v) is 7.41. The summed E-state index contributed by atoms with van der Waals surface area (Å²) < 4.78 is 28.9. The van der Waals surface area contributed by atoms with Crippen LogP contribution in [0.15, 0.2) is 11.6 Å². The molecular formula is C25H40O8. The molecule has 0 radical (unpaired) electrons. The number of carbonyl (C=O) groups excluding carboxylic acids is 1. The lowest BCUT2D eigenvalue weighted by molar-refractivity contribution is -0.176. The smallest absolute Gasteiger partial charge is 0.312 e. The summed E-state index contributed by atoms with van der Waals surface area (Å²) in [5, 5.41) is 22.2. The van der Waals surface area contributed by atoms with E-state index in [-0.39, 0.29) is 54.9 Å². The van der Waals surface area contributed by atoms with Crippen LogP contribution >= 0.6 is 0 Å². The van der Waals surface area contributed by atoms with Gasteiger partial charge >= 0.3 is 5.97 Å². The van der Waals surface area contributed by atoms with Crippen LogP contribution in [0.4, 0.5) is 0 Å². The number of rotatable bonds is 7.